The zero-order valence-corrected chi connectivity index (χ0v) is 40.8. The normalized spacial score (nSPS) is 19.7. The molecule has 0 saturated carbocycles. The van der Waals surface area contributed by atoms with Gasteiger partial charge in [0, 0.05) is 12.8 Å². The number of esters is 2. The predicted molar refractivity (Wildman–Crippen MR) is 252 cm³/mol. The van der Waals surface area contributed by atoms with Gasteiger partial charge in [-0.3, -0.25) is 14.1 Å². The van der Waals surface area contributed by atoms with E-state index in [1.165, 1.54) is 154 Å². The largest absolute Gasteiger partial charge is 0.462 e. The van der Waals surface area contributed by atoms with Crippen molar-refractivity contribution in [1.29, 1.82) is 0 Å². The molecule has 0 amide bonds. The highest BCUT2D eigenvalue weighted by molar-refractivity contribution is 7.85. The van der Waals surface area contributed by atoms with Crippen molar-refractivity contribution in [2.24, 2.45) is 0 Å². The molecule has 13 heteroatoms. The highest BCUT2D eigenvalue weighted by atomic mass is 32.2. The van der Waals surface area contributed by atoms with Crippen LogP contribution >= 0.6 is 0 Å². The maximum Gasteiger partial charge on any atom is 0.306 e. The standard InChI is InChI=1S/C50H94O12S/c1-3-5-7-9-11-13-15-17-18-19-20-21-22-23-24-25-27-28-30-32-34-36-38-45(51)59-40-43(41-60-50-49(55)48(54)47(53)44(62-50)42-63(56,57)58)61-46(52)39-37-35-33-31-29-26-16-14-12-10-8-6-4-2/h26,29,43-44,47-50,53-55H,3-25,27-28,30-42H2,1-2H3,(H,56,57,58)/b29-26+/t43-,44-,47-,48?,49?,50+/m1/s1. The van der Waals surface area contributed by atoms with E-state index in [-0.39, 0.29) is 19.4 Å². The molecule has 1 rings (SSSR count). The van der Waals surface area contributed by atoms with Crippen LogP contribution in [0.4, 0.5) is 0 Å². The number of hydrogen-bond acceptors (Lipinski definition) is 11. The van der Waals surface area contributed by atoms with E-state index in [0.717, 1.165) is 44.9 Å². The number of ether oxygens (including phenoxy) is 4. The van der Waals surface area contributed by atoms with Gasteiger partial charge in [0.25, 0.3) is 10.1 Å². The molecule has 0 aliphatic carbocycles. The minimum Gasteiger partial charge on any atom is -0.462 e. The number of unbranched alkanes of at least 4 members (excludes halogenated alkanes) is 30. The van der Waals surface area contributed by atoms with Gasteiger partial charge in [-0.25, -0.2) is 0 Å². The number of carbonyl (C=O) groups is 2. The van der Waals surface area contributed by atoms with Crippen LogP contribution in [-0.2, 0) is 38.7 Å². The fourth-order valence-corrected chi connectivity index (χ4v) is 8.78. The van der Waals surface area contributed by atoms with Gasteiger partial charge in [-0.2, -0.15) is 8.42 Å². The maximum atomic E-state index is 12.8. The fraction of sp³-hybridized carbons (Fsp3) is 0.920. The van der Waals surface area contributed by atoms with Gasteiger partial charge in [0.1, 0.15) is 36.8 Å². The molecule has 0 bridgehead atoms. The smallest absolute Gasteiger partial charge is 0.306 e. The molecule has 1 saturated heterocycles. The van der Waals surface area contributed by atoms with Crippen molar-refractivity contribution < 1.29 is 56.8 Å². The summed E-state index contributed by atoms with van der Waals surface area (Å²) in [4.78, 5) is 25.5. The Kier molecular flexibility index (Phi) is 38.3. The first-order valence-electron chi connectivity index (χ1n) is 25.7. The lowest BCUT2D eigenvalue weighted by Crippen LogP contribution is -2.60. The van der Waals surface area contributed by atoms with Crippen molar-refractivity contribution in [2.45, 2.75) is 275 Å². The van der Waals surface area contributed by atoms with Crippen molar-refractivity contribution in [3.05, 3.63) is 12.2 Å². The summed E-state index contributed by atoms with van der Waals surface area (Å²) in [5.74, 6) is -1.99. The number of rotatable bonds is 44. The number of allylic oxidation sites excluding steroid dienone is 2. The van der Waals surface area contributed by atoms with E-state index in [1.54, 1.807) is 0 Å². The van der Waals surface area contributed by atoms with Gasteiger partial charge in [-0.15, -0.1) is 0 Å². The lowest BCUT2D eigenvalue weighted by molar-refractivity contribution is -0.297. The molecule has 0 spiro atoms. The summed E-state index contributed by atoms with van der Waals surface area (Å²) in [7, 11) is -4.60. The van der Waals surface area contributed by atoms with E-state index < -0.39 is 71.2 Å². The Morgan fingerprint density at radius 2 is 0.905 bits per heavy atom. The fourth-order valence-electron chi connectivity index (χ4n) is 8.09. The van der Waals surface area contributed by atoms with Crippen molar-refractivity contribution in [3.63, 3.8) is 0 Å². The van der Waals surface area contributed by atoms with Crippen LogP contribution in [-0.4, -0.2) is 96.0 Å². The molecule has 4 N–H and O–H groups in total. The molecule has 0 aromatic carbocycles. The zero-order valence-electron chi connectivity index (χ0n) is 40.0. The SMILES string of the molecule is CCCCCCCC/C=C/CCCCCC(=O)O[C@H](COC(=O)CCCCCCCCCCCCCCCCCCCCCCCC)CO[C@H]1O[C@H](CS(=O)(=O)O)[C@@H](O)C(O)C1O. The molecule has 1 heterocycles. The summed E-state index contributed by atoms with van der Waals surface area (Å²) in [5, 5.41) is 30.9. The van der Waals surface area contributed by atoms with E-state index in [1.807, 2.05) is 0 Å². The average Bonchev–Trinajstić information content (AvgIpc) is 3.25. The Balaban J connectivity index is 2.33. The van der Waals surface area contributed by atoms with Crippen molar-refractivity contribution in [2.75, 3.05) is 19.0 Å². The second kappa shape index (κ2) is 40.6. The third-order valence-electron chi connectivity index (χ3n) is 12.1. The van der Waals surface area contributed by atoms with E-state index in [9.17, 15) is 37.9 Å². The summed E-state index contributed by atoms with van der Waals surface area (Å²) in [6, 6.07) is 0. The quantitative estimate of drug-likeness (QED) is 0.0196. The molecule has 1 aliphatic heterocycles. The molecule has 0 radical (unpaired) electrons. The summed E-state index contributed by atoms with van der Waals surface area (Å²) in [6.45, 7) is 3.77. The molecular weight excluding hydrogens is 825 g/mol. The molecule has 12 nitrogen and oxygen atoms in total. The third kappa shape index (κ3) is 35.3. The monoisotopic (exact) mass is 919 g/mol. The Morgan fingerprint density at radius 1 is 0.524 bits per heavy atom. The average molecular weight is 919 g/mol. The molecule has 1 aliphatic rings. The summed E-state index contributed by atoms with van der Waals surface area (Å²) < 4.78 is 54.2. The van der Waals surface area contributed by atoms with Crippen LogP contribution in [0, 0.1) is 0 Å². The van der Waals surface area contributed by atoms with Gasteiger partial charge in [0.2, 0.25) is 0 Å². The Hall–Kier alpha value is -1.61. The van der Waals surface area contributed by atoms with Crippen molar-refractivity contribution in [1.82, 2.24) is 0 Å². The molecule has 0 aromatic heterocycles. The lowest BCUT2D eigenvalue weighted by Gasteiger charge is -2.40. The van der Waals surface area contributed by atoms with Crippen LogP contribution in [0.5, 0.6) is 0 Å². The first-order valence-corrected chi connectivity index (χ1v) is 27.4. The van der Waals surface area contributed by atoms with Crippen LogP contribution in [0.1, 0.15) is 239 Å². The minimum absolute atomic E-state index is 0.148. The highest BCUT2D eigenvalue weighted by Gasteiger charge is 2.46. The molecule has 1 fully saturated rings. The number of aliphatic hydroxyl groups is 3. The van der Waals surface area contributed by atoms with Gasteiger partial charge in [-0.05, 0) is 38.5 Å². The topological polar surface area (TPSA) is 186 Å². The van der Waals surface area contributed by atoms with Crippen LogP contribution < -0.4 is 0 Å². The Morgan fingerprint density at radius 3 is 1.33 bits per heavy atom. The van der Waals surface area contributed by atoms with Crippen LogP contribution in [0.3, 0.4) is 0 Å². The molecule has 0 aromatic rings. The van der Waals surface area contributed by atoms with Gasteiger partial charge >= 0.3 is 11.9 Å². The molecule has 372 valence electrons. The van der Waals surface area contributed by atoms with Crippen LogP contribution in [0.25, 0.3) is 0 Å². The molecule has 2 unspecified atom stereocenters. The van der Waals surface area contributed by atoms with Gasteiger partial charge in [0.05, 0.1) is 6.61 Å². The first-order chi connectivity index (χ1) is 30.5. The summed E-state index contributed by atoms with van der Waals surface area (Å²) in [6.07, 6.45) is 35.5. The highest BCUT2D eigenvalue weighted by Crippen LogP contribution is 2.24. The number of hydrogen-bond donors (Lipinski definition) is 4. The third-order valence-corrected chi connectivity index (χ3v) is 12.8. The first kappa shape index (κ1) is 59.4. The number of aliphatic hydroxyl groups excluding tert-OH is 3. The second-order valence-electron chi connectivity index (χ2n) is 18.2. The van der Waals surface area contributed by atoms with Crippen LogP contribution in [0.2, 0.25) is 0 Å². The molecule has 6 atom stereocenters. The van der Waals surface area contributed by atoms with E-state index in [0.29, 0.717) is 12.8 Å². The van der Waals surface area contributed by atoms with E-state index in [4.69, 9.17) is 18.9 Å². The predicted octanol–water partition coefficient (Wildman–Crippen LogP) is 11.4. The second-order valence-corrected chi connectivity index (χ2v) is 19.7. The van der Waals surface area contributed by atoms with Crippen LogP contribution in [0.15, 0.2) is 12.2 Å². The molecule has 63 heavy (non-hydrogen) atoms. The van der Waals surface area contributed by atoms with Crippen molar-refractivity contribution >= 4 is 22.1 Å². The Labute approximate surface area is 384 Å². The summed E-state index contributed by atoms with van der Waals surface area (Å²) in [5.41, 5.74) is 0. The maximum absolute atomic E-state index is 12.8. The van der Waals surface area contributed by atoms with Gasteiger partial charge in [0.15, 0.2) is 12.4 Å². The van der Waals surface area contributed by atoms with Gasteiger partial charge in [-0.1, -0.05) is 199 Å². The van der Waals surface area contributed by atoms with Gasteiger partial charge < -0.3 is 34.3 Å². The minimum atomic E-state index is -4.60. The number of carbonyl (C=O) groups excluding carboxylic acids is 2. The Bertz CT molecular complexity index is 1210. The van der Waals surface area contributed by atoms with Crippen molar-refractivity contribution in [3.8, 4) is 0 Å². The van der Waals surface area contributed by atoms with E-state index >= 15 is 0 Å². The molecular formula is C50H94O12S. The zero-order chi connectivity index (χ0) is 46.2. The van der Waals surface area contributed by atoms with E-state index in [2.05, 4.69) is 26.0 Å². The lowest BCUT2D eigenvalue weighted by atomic mass is 10.00. The summed E-state index contributed by atoms with van der Waals surface area (Å²) >= 11 is 0.